The number of nitrogens with zero attached hydrogens (tertiary/aromatic N) is 1. The van der Waals surface area contributed by atoms with Gasteiger partial charge in [-0.2, -0.15) is 0 Å². The number of carbonyl (C=O) groups excluding carboxylic acids is 2. The molecule has 1 aromatic carbocycles. The smallest absolute Gasteiger partial charge is 0.256 e. The highest BCUT2D eigenvalue weighted by Gasteiger charge is 2.27. The van der Waals surface area contributed by atoms with E-state index >= 15 is 0 Å². The summed E-state index contributed by atoms with van der Waals surface area (Å²) >= 11 is 5.42. The zero-order valence-corrected chi connectivity index (χ0v) is 10.5. The second kappa shape index (κ2) is 5.48. The van der Waals surface area contributed by atoms with E-state index in [0.717, 1.165) is 0 Å². The quantitative estimate of drug-likeness (QED) is 0.774. The minimum Gasteiger partial charge on any atom is -0.339 e. The van der Waals surface area contributed by atoms with Gasteiger partial charge >= 0.3 is 0 Å². The average molecular weight is 270 g/mol. The molecule has 0 aliphatic carbocycles. The molecular formula is C13H13ClFNO2. The Labute approximate surface area is 110 Å². The van der Waals surface area contributed by atoms with Crippen LogP contribution >= 0.6 is 11.6 Å². The summed E-state index contributed by atoms with van der Waals surface area (Å²) in [5.41, 5.74) is 0.0770. The molecule has 2 rings (SSSR count). The fourth-order valence-corrected chi connectivity index (χ4v) is 2.33. The van der Waals surface area contributed by atoms with Crippen LogP contribution in [0.2, 0.25) is 0 Å². The van der Waals surface area contributed by atoms with Crippen LogP contribution in [0.4, 0.5) is 4.39 Å². The van der Waals surface area contributed by atoms with Gasteiger partial charge in [-0.1, -0.05) is 12.1 Å². The number of hydrogen-bond donors (Lipinski definition) is 0. The molecular weight excluding hydrogens is 257 g/mol. The van der Waals surface area contributed by atoms with E-state index in [2.05, 4.69) is 0 Å². The Morgan fingerprint density at radius 2 is 1.83 bits per heavy atom. The summed E-state index contributed by atoms with van der Waals surface area (Å²) in [7, 11) is 0. The molecule has 0 aromatic heterocycles. The summed E-state index contributed by atoms with van der Waals surface area (Å²) in [6.07, 6.45) is 1.09. The summed E-state index contributed by atoms with van der Waals surface area (Å²) in [6.45, 7) is 0.882. The van der Waals surface area contributed by atoms with Crippen LogP contribution in [0.25, 0.3) is 0 Å². The van der Waals surface area contributed by atoms with Crippen molar-refractivity contribution in [2.75, 3.05) is 13.1 Å². The molecule has 96 valence electrons. The van der Waals surface area contributed by atoms with Crippen molar-refractivity contribution in [2.45, 2.75) is 12.8 Å². The van der Waals surface area contributed by atoms with Crippen LogP contribution in [0.15, 0.2) is 24.3 Å². The van der Waals surface area contributed by atoms with E-state index in [1.54, 1.807) is 17.0 Å². The molecule has 1 saturated heterocycles. The van der Waals surface area contributed by atoms with Crippen LogP contribution in [0.3, 0.4) is 0 Å². The molecule has 0 radical (unpaired) electrons. The number of halogens is 2. The van der Waals surface area contributed by atoms with E-state index in [4.69, 9.17) is 11.6 Å². The summed E-state index contributed by atoms with van der Waals surface area (Å²) in [6, 6.07) is 5.91. The lowest BCUT2D eigenvalue weighted by molar-refractivity contribution is -0.116. The summed E-state index contributed by atoms with van der Waals surface area (Å²) < 4.78 is 13.5. The first kappa shape index (κ1) is 13.0. The molecule has 0 unspecified atom stereocenters. The molecule has 1 aliphatic rings. The molecule has 0 saturated carbocycles. The first-order chi connectivity index (χ1) is 8.59. The average Bonchev–Trinajstić information content (AvgIpc) is 2.38. The first-order valence-corrected chi connectivity index (χ1v) is 6.20. The van der Waals surface area contributed by atoms with Gasteiger partial charge in [0, 0.05) is 19.0 Å². The topological polar surface area (TPSA) is 37.4 Å². The van der Waals surface area contributed by atoms with Gasteiger partial charge in [-0.15, -0.1) is 0 Å². The summed E-state index contributed by atoms with van der Waals surface area (Å²) in [5, 5.41) is -0.354. The van der Waals surface area contributed by atoms with Crippen molar-refractivity contribution in [1.82, 2.24) is 4.90 Å². The van der Waals surface area contributed by atoms with Gasteiger partial charge in [0.05, 0.1) is 5.56 Å². The number of amides is 1. The van der Waals surface area contributed by atoms with Crippen molar-refractivity contribution in [3.63, 3.8) is 0 Å². The number of benzene rings is 1. The molecule has 1 aromatic rings. The predicted molar refractivity (Wildman–Crippen MR) is 65.9 cm³/mol. The maximum atomic E-state index is 13.5. The number of rotatable bonds is 2. The first-order valence-electron chi connectivity index (χ1n) is 5.82. The Morgan fingerprint density at radius 1 is 1.22 bits per heavy atom. The van der Waals surface area contributed by atoms with Gasteiger partial charge in [-0.25, -0.2) is 4.39 Å². The zero-order chi connectivity index (χ0) is 13.1. The molecule has 0 N–H and O–H groups in total. The number of hydrogen-bond acceptors (Lipinski definition) is 2. The second-order valence-electron chi connectivity index (χ2n) is 4.35. The van der Waals surface area contributed by atoms with E-state index < -0.39 is 5.82 Å². The van der Waals surface area contributed by atoms with Gasteiger partial charge in [-0.05, 0) is 36.6 Å². The minimum atomic E-state index is -0.516. The van der Waals surface area contributed by atoms with Gasteiger partial charge in [0.15, 0.2) is 0 Å². The third kappa shape index (κ3) is 2.70. The lowest BCUT2D eigenvalue weighted by atomic mass is 9.97. The fourth-order valence-electron chi connectivity index (χ4n) is 2.11. The maximum absolute atomic E-state index is 13.5. The third-order valence-corrected chi connectivity index (χ3v) is 3.52. The van der Waals surface area contributed by atoms with Crippen LogP contribution in [-0.4, -0.2) is 29.1 Å². The molecule has 5 heteroatoms. The van der Waals surface area contributed by atoms with Crippen LogP contribution in [0.5, 0.6) is 0 Å². The third-order valence-electron chi connectivity index (χ3n) is 3.21. The number of carbonyl (C=O) groups is 2. The Morgan fingerprint density at radius 3 is 2.39 bits per heavy atom. The molecule has 0 atom stereocenters. The van der Waals surface area contributed by atoms with E-state index in [1.165, 1.54) is 12.1 Å². The highest BCUT2D eigenvalue weighted by atomic mass is 35.5. The van der Waals surface area contributed by atoms with Gasteiger partial charge in [0.25, 0.3) is 5.91 Å². The summed E-state index contributed by atoms with van der Waals surface area (Å²) in [4.78, 5) is 24.6. The monoisotopic (exact) mass is 269 g/mol. The Balaban J connectivity index is 2.04. The molecule has 1 fully saturated rings. The highest BCUT2D eigenvalue weighted by Crippen LogP contribution is 2.21. The predicted octanol–water partition coefficient (Wildman–Crippen LogP) is 2.44. The molecule has 3 nitrogen and oxygen atoms in total. The van der Waals surface area contributed by atoms with Crippen LogP contribution in [-0.2, 0) is 4.79 Å². The lowest BCUT2D eigenvalue weighted by Crippen LogP contribution is -2.39. The minimum absolute atomic E-state index is 0.0770. The van der Waals surface area contributed by atoms with Crippen molar-refractivity contribution in [1.29, 1.82) is 0 Å². The molecule has 1 heterocycles. The van der Waals surface area contributed by atoms with E-state index in [1.807, 2.05) is 0 Å². The zero-order valence-electron chi connectivity index (χ0n) is 9.73. The normalized spacial score (nSPS) is 16.7. The van der Waals surface area contributed by atoms with Gasteiger partial charge < -0.3 is 4.90 Å². The molecule has 1 aliphatic heterocycles. The van der Waals surface area contributed by atoms with Crippen molar-refractivity contribution >= 4 is 22.8 Å². The van der Waals surface area contributed by atoms with E-state index in [9.17, 15) is 14.0 Å². The number of piperidine rings is 1. The van der Waals surface area contributed by atoms with E-state index in [0.29, 0.717) is 25.9 Å². The van der Waals surface area contributed by atoms with Crippen LogP contribution < -0.4 is 0 Å². The second-order valence-corrected chi connectivity index (χ2v) is 4.72. The van der Waals surface area contributed by atoms with Gasteiger partial charge in [0.2, 0.25) is 5.24 Å². The summed E-state index contributed by atoms with van der Waals surface area (Å²) in [5.74, 6) is -1.03. The van der Waals surface area contributed by atoms with E-state index in [-0.39, 0.29) is 22.6 Å². The number of likely N-dealkylation sites (tertiary alicyclic amines) is 1. The van der Waals surface area contributed by atoms with Crippen LogP contribution in [0, 0.1) is 11.7 Å². The maximum Gasteiger partial charge on any atom is 0.256 e. The Kier molecular flexibility index (Phi) is 3.97. The van der Waals surface area contributed by atoms with Crippen molar-refractivity contribution < 1.29 is 14.0 Å². The van der Waals surface area contributed by atoms with Crippen molar-refractivity contribution in [3.05, 3.63) is 35.6 Å². The van der Waals surface area contributed by atoms with Crippen molar-refractivity contribution in [2.24, 2.45) is 5.92 Å². The van der Waals surface area contributed by atoms with Crippen LogP contribution in [0.1, 0.15) is 23.2 Å². The van der Waals surface area contributed by atoms with Gasteiger partial charge in [-0.3, -0.25) is 9.59 Å². The molecule has 18 heavy (non-hydrogen) atoms. The SMILES string of the molecule is O=C(Cl)C1CCN(C(=O)c2ccccc2F)CC1. The highest BCUT2D eigenvalue weighted by molar-refractivity contribution is 6.64. The molecule has 1 amide bonds. The van der Waals surface area contributed by atoms with Crippen molar-refractivity contribution in [3.8, 4) is 0 Å². The lowest BCUT2D eigenvalue weighted by Gasteiger charge is -2.30. The Hall–Kier alpha value is -1.42. The fraction of sp³-hybridized carbons (Fsp3) is 0.385. The standard InChI is InChI=1S/C13H13ClFNO2/c14-12(17)9-5-7-16(8-6-9)13(18)10-3-1-2-4-11(10)15/h1-4,9H,5-8H2. The molecule has 0 bridgehead atoms. The molecule has 0 spiro atoms. The van der Waals surface area contributed by atoms with Gasteiger partial charge in [0.1, 0.15) is 5.82 Å². The largest absolute Gasteiger partial charge is 0.339 e. The Bertz CT molecular complexity index is 470.